The lowest BCUT2D eigenvalue weighted by Crippen LogP contribution is -2.14. The first-order chi connectivity index (χ1) is 13.3. The summed E-state index contributed by atoms with van der Waals surface area (Å²) in [6, 6.07) is 14.8. The zero-order chi connectivity index (χ0) is 20.1. The number of sulfonamides is 1. The Morgan fingerprint density at radius 1 is 0.929 bits per heavy atom. The summed E-state index contributed by atoms with van der Waals surface area (Å²) in [6.45, 7) is 0. The molecule has 0 radical (unpaired) electrons. The maximum absolute atomic E-state index is 12.4. The first kappa shape index (κ1) is 19.0. The fourth-order valence-corrected chi connectivity index (χ4v) is 3.27. The molecular weight excluding hydrogens is 384 g/mol. The van der Waals surface area contributed by atoms with Crippen LogP contribution in [0.5, 0.6) is 5.75 Å². The SMILES string of the molecule is O=C(O)c1cc(NNc2ccc(S(=O)(=O)Nc3ccccn3)cc2)ccc1O. The molecule has 1 heterocycles. The molecule has 0 bridgehead atoms. The summed E-state index contributed by atoms with van der Waals surface area (Å²) in [6.07, 6.45) is 1.48. The molecule has 10 heteroatoms. The summed E-state index contributed by atoms with van der Waals surface area (Å²) in [4.78, 5) is 15.0. The van der Waals surface area contributed by atoms with Gasteiger partial charge in [0, 0.05) is 6.20 Å². The maximum Gasteiger partial charge on any atom is 0.339 e. The molecule has 0 saturated heterocycles. The monoisotopic (exact) mass is 400 g/mol. The van der Waals surface area contributed by atoms with Crippen molar-refractivity contribution in [2.45, 2.75) is 4.90 Å². The fourth-order valence-electron chi connectivity index (χ4n) is 2.27. The van der Waals surface area contributed by atoms with Gasteiger partial charge in [-0.15, -0.1) is 0 Å². The van der Waals surface area contributed by atoms with E-state index in [0.717, 1.165) is 0 Å². The van der Waals surface area contributed by atoms with Crippen molar-refractivity contribution in [2.75, 3.05) is 15.6 Å². The van der Waals surface area contributed by atoms with Gasteiger partial charge in [-0.2, -0.15) is 0 Å². The number of hydrazine groups is 1. The number of benzene rings is 2. The molecule has 0 amide bonds. The first-order valence-corrected chi connectivity index (χ1v) is 9.46. The molecule has 3 aromatic rings. The van der Waals surface area contributed by atoms with Crippen LogP contribution in [0.1, 0.15) is 10.4 Å². The third-order valence-electron chi connectivity index (χ3n) is 3.65. The molecule has 0 aliphatic heterocycles. The van der Waals surface area contributed by atoms with Gasteiger partial charge in [0.25, 0.3) is 10.0 Å². The quantitative estimate of drug-likeness (QED) is 0.301. The number of phenols is 1. The van der Waals surface area contributed by atoms with Crippen molar-refractivity contribution >= 4 is 33.2 Å². The van der Waals surface area contributed by atoms with Crippen LogP contribution in [0.2, 0.25) is 0 Å². The lowest BCUT2D eigenvalue weighted by Gasteiger charge is -2.12. The van der Waals surface area contributed by atoms with Crippen molar-refractivity contribution < 1.29 is 23.4 Å². The molecule has 0 fully saturated rings. The molecule has 0 aliphatic rings. The molecule has 3 rings (SSSR count). The number of hydrogen-bond donors (Lipinski definition) is 5. The van der Waals surface area contributed by atoms with Crippen LogP contribution in [0.4, 0.5) is 17.2 Å². The number of hydrogen-bond acceptors (Lipinski definition) is 7. The Labute approximate surface area is 160 Å². The van der Waals surface area contributed by atoms with Gasteiger partial charge in [0.2, 0.25) is 0 Å². The van der Waals surface area contributed by atoms with Crippen LogP contribution in [-0.4, -0.2) is 29.6 Å². The highest BCUT2D eigenvalue weighted by Crippen LogP contribution is 2.22. The number of nitrogens with one attached hydrogen (secondary N) is 3. The molecule has 1 aromatic heterocycles. The van der Waals surface area contributed by atoms with Crippen LogP contribution in [-0.2, 0) is 10.0 Å². The van der Waals surface area contributed by atoms with E-state index < -0.39 is 16.0 Å². The van der Waals surface area contributed by atoms with E-state index in [2.05, 4.69) is 20.6 Å². The Bertz CT molecular complexity index is 1090. The van der Waals surface area contributed by atoms with Crippen LogP contribution in [0.15, 0.2) is 71.8 Å². The Balaban J connectivity index is 1.68. The number of carboxylic acid groups (broad SMARTS) is 1. The lowest BCUT2D eigenvalue weighted by molar-refractivity contribution is 0.0694. The Kier molecular flexibility index (Phi) is 5.32. The fraction of sp³-hybridized carbons (Fsp3) is 0. The van der Waals surface area contributed by atoms with Crippen LogP contribution in [0.25, 0.3) is 0 Å². The second-order valence-electron chi connectivity index (χ2n) is 5.63. The van der Waals surface area contributed by atoms with Gasteiger partial charge in [0.15, 0.2) is 0 Å². The van der Waals surface area contributed by atoms with Gasteiger partial charge in [0.05, 0.1) is 16.3 Å². The summed E-state index contributed by atoms with van der Waals surface area (Å²) < 4.78 is 27.1. The molecule has 144 valence electrons. The smallest absolute Gasteiger partial charge is 0.339 e. The number of rotatable bonds is 7. The van der Waals surface area contributed by atoms with E-state index in [1.54, 1.807) is 30.3 Å². The molecular formula is C18H16N4O5S. The second-order valence-corrected chi connectivity index (χ2v) is 7.31. The number of aromatic nitrogens is 1. The maximum atomic E-state index is 12.4. The molecule has 5 N–H and O–H groups in total. The van der Waals surface area contributed by atoms with Gasteiger partial charge in [-0.3, -0.25) is 4.72 Å². The molecule has 0 aliphatic carbocycles. The van der Waals surface area contributed by atoms with Crippen molar-refractivity contribution in [2.24, 2.45) is 0 Å². The van der Waals surface area contributed by atoms with Crippen molar-refractivity contribution in [3.05, 3.63) is 72.4 Å². The first-order valence-electron chi connectivity index (χ1n) is 7.97. The van der Waals surface area contributed by atoms with Crippen LogP contribution in [0, 0.1) is 0 Å². The number of aromatic carboxylic acids is 1. The molecule has 28 heavy (non-hydrogen) atoms. The standard InChI is InChI=1S/C18H16N4O5S/c23-16-9-6-13(11-15(16)18(24)25)21-20-12-4-7-14(8-5-12)28(26,27)22-17-3-1-2-10-19-17/h1-11,20-21,23H,(H,19,22)(H,24,25). The van der Waals surface area contributed by atoms with Crippen molar-refractivity contribution in [1.82, 2.24) is 4.98 Å². The molecule has 0 spiro atoms. The van der Waals surface area contributed by atoms with E-state index >= 15 is 0 Å². The van der Waals surface area contributed by atoms with Gasteiger partial charge in [-0.05, 0) is 54.6 Å². The van der Waals surface area contributed by atoms with Crippen LogP contribution < -0.4 is 15.6 Å². The number of aromatic hydroxyl groups is 1. The summed E-state index contributed by atoms with van der Waals surface area (Å²) in [5, 5.41) is 18.5. The average Bonchev–Trinajstić information content (AvgIpc) is 2.68. The number of carbonyl (C=O) groups is 1. The molecule has 2 aromatic carbocycles. The third kappa shape index (κ3) is 4.48. The van der Waals surface area contributed by atoms with E-state index in [-0.39, 0.29) is 22.0 Å². The Morgan fingerprint density at radius 2 is 1.61 bits per heavy atom. The topological polar surface area (TPSA) is 141 Å². The highest BCUT2D eigenvalue weighted by molar-refractivity contribution is 7.92. The van der Waals surface area contributed by atoms with E-state index in [4.69, 9.17) is 5.11 Å². The Hall–Kier alpha value is -3.79. The van der Waals surface area contributed by atoms with Gasteiger partial charge in [0.1, 0.15) is 17.1 Å². The van der Waals surface area contributed by atoms with Crippen molar-refractivity contribution in [3.63, 3.8) is 0 Å². The molecule has 0 saturated carbocycles. The van der Waals surface area contributed by atoms with Gasteiger partial charge >= 0.3 is 5.97 Å². The number of anilines is 3. The predicted molar refractivity (Wildman–Crippen MR) is 104 cm³/mol. The van der Waals surface area contributed by atoms with Crippen LogP contribution in [0.3, 0.4) is 0 Å². The summed E-state index contributed by atoms with van der Waals surface area (Å²) in [5.74, 6) is -1.38. The van der Waals surface area contributed by atoms with Gasteiger partial charge < -0.3 is 21.1 Å². The number of nitrogens with zero attached hydrogens (tertiary/aromatic N) is 1. The van der Waals surface area contributed by atoms with E-state index in [9.17, 15) is 18.3 Å². The minimum atomic E-state index is -3.77. The lowest BCUT2D eigenvalue weighted by atomic mass is 10.2. The molecule has 9 nitrogen and oxygen atoms in total. The third-order valence-corrected chi connectivity index (χ3v) is 5.02. The summed E-state index contributed by atoms with van der Waals surface area (Å²) in [7, 11) is -3.77. The van der Waals surface area contributed by atoms with Crippen molar-refractivity contribution in [1.29, 1.82) is 0 Å². The van der Waals surface area contributed by atoms with Crippen molar-refractivity contribution in [3.8, 4) is 5.75 Å². The number of carboxylic acids is 1. The normalized spacial score (nSPS) is 10.9. The minimum Gasteiger partial charge on any atom is -0.507 e. The second kappa shape index (κ2) is 7.84. The molecule has 0 atom stereocenters. The van der Waals surface area contributed by atoms with Gasteiger partial charge in [-0.25, -0.2) is 18.2 Å². The average molecular weight is 400 g/mol. The van der Waals surface area contributed by atoms with E-state index in [1.165, 1.54) is 36.5 Å². The number of pyridine rings is 1. The predicted octanol–water partition coefficient (Wildman–Crippen LogP) is 2.73. The Morgan fingerprint density at radius 3 is 2.25 bits per heavy atom. The van der Waals surface area contributed by atoms with E-state index in [1.807, 2.05) is 0 Å². The zero-order valence-electron chi connectivity index (χ0n) is 14.3. The minimum absolute atomic E-state index is 0.0569. The summed E-state index contributed by atoms with van der Waals surface area (Å²) >= 11 is 0. The highest BCUT2D eigenvalue weighted by atomic mass is 32.2. The summed E-state index contributed by atoms with van der Waals surface area (Å²) in [5.41, 5.74) is 6.31. The van der Waals surface area contributed by atoms with Gasteiger partial charge in [-0.1, -0.05) is 6.07 Å². The zero-order valence-corrected chi connectivity index (χ0v) is 15.1. The largest absolute Gasteiger partial charge is 0.507 e. The molecule has 0 unspecified atom stereocenters. The van der Waals surface area contributed by atoms with Crippen LogP contribution >= 0.6 is 0 Å². The van der Waals surface area contributed by atoms with E-state index in [0.29, 0.717) is 11.4 Å². The highest BCUT2D eigenvalue weighted by Gasteiger charge is 2.14.